The molecule has 2 aromatic carbocycles. The zero-order valence-electron chi connectivity index (χ0n) is 13.4. The summed E-state index contributed by atoms with van der Waals surface area (Å²) in [5, 5.41) is 0.642. The van der Waals surface area contributed by atoms with Gasteiger partial charge in [0.1, 0.15) is 5.75 Å². The summed E-state index contributed by atoms with van der Waals surface area (Å²) < 4.78 is 32.9. The van der Waals surface area contributed by atoms with Gasteiger partial charge >= 0.3 is 0 Å². The number of nitrogens with one attached hydrogen (secondary N) is 1. The van der Waals surface area contributed by atoms with Crippen LogP contribution in [0.3, 0.4) is 0 Å². The first-order chi connectivity index (χ1) is 10.8. The molecule has 0 aliphatic carbocycles. The second-order valence-electron chi connectivity index (χ2n) is 5.33. The Labute approximate surface area is 142 Å². The first-order valence-electron chi connectivity index (χ1n) is 7.23. The molecule has 0 saturated heterocycles. The van der Waals surface area contributed by atoms with Crippen LogP contribution in [0.5, 0.6) is 5.75 Å². The van der Waals surface area contributed by atoms with Crippen LogP contribution < -0.4 is 9.46 Å². The molecule has 0 spiro atoms. The fraction of sp³-hybridized carbons (Fsp3) is 0.294. The number of sulfonamides is 1. The van der Waals surface area contributed by atoms with Crippen LogP contribution in [0.1, 0.15) is 16.7 Å². The SMILES string of the molecule is COc1cc(C)c(S(=O)(=O)NCCc2ccccc2Cl)c(C)c1. The van der Waals surface area contributed by atoms with E-state index in [1.54, 1.807) is 39.2 Å². The van der Waals surface area contributed by atoms with Crippen molar-refractivity contribution in [1.82, 2.24) is 4.72 Å². The van der Waals surface area contributed by atoms with E-state index in [0.717, 1.165) is 5.56 Å². The molecule has 1 N–H and O–H groups in total. The molecule has 6 heteroatoms. The van der Waals surface area contributed by atoms with Gasteiger partial charge in [-0.3, -0.25) is 0 Å². The fourth-order valence-electron chi connectivity index (χ4n) is 2.55. The van der Waals surface area contributed by atoms with E-state index in [-0.39, 0.29) is 6.54 Å². The number of hydrogen-bond acceptors (Lipinski definition) is 3. The summed E-state index contributed by atoms with van der Waals surface area (Å²) in [5.41, 5.74) is 2.24. The highest BCUT2D eigenvalue weighted by molar-refractivity contribution is 7.89. The van der Waals surface area contributed by atoms with Crippen molar-refractivity contribution in [3.8, 4) is 5.75 Å². The maximum atomic E-state index is 12.6. The van der Waals surface area contributed by atoms with E-state index >= 15 is 0 Å². The normalized spacial score (nSPS) is 11.5. The summed E-state index contributed by atoms with van der Waals surface area (Å²) in [4.78, 5) is 0.303. The van der Waals surface area contributed by atoms with Gasteiger partial charge in [-0.1, -0.05) is 29.8 Å². The van der Waals surface area contributed by atoms with Crippen LogP contribution in [0.15, 0.2) is 41.3 Å². The van der Waals surface area contributed by atoms with Crippen molar-refractivity contribution in [2.24, 2.45) is 0 Å². The molecule has 0 atom stereocenters. The van der Waals surface area contributed by atoms with Crippen LogP contribution in [-0.2, 0) is 16.4 Å². The maximum Gasteiger partial charge on any atom is 0.241 e. The van der Waals surface area contributed by atoms with Crippen molar-refractivity contribution in [2.75, 3.05) is 13.7 Å². The number of rotatable bonds is 6. The lowest BCUT2D eigenvalue weighted by molar-refractivity contribution is 0.413. The molecule has 0 radical (unpaired) electrons. The monoisotopic (exact) mass is 353 g/mol. The molecule has 0 unspecified atom stereocenters. The van der Waals surface area contributed by atoms with E-state index < -0.39 is 10.0 Å². The molecule has 0 amide bonds. The smallest absolute Gasteiger partial charge is 0.241 e. The number of benzene rings is 2. The van der Waals surface area contributed by atoms with Gasteiger partial charge in [-0.25, -0.2) is 13.1 Å². The summed E-state index contributed by atoms with van der Waals surface area (Å²) in [6.07, 6.45) is 0.535. The molecule has 0 aliphatic rings. The Kier molecular flexibility index (Phi) is 5.68. The number of hydrogen-bond donors (Lipinski definition) is 1. The number of aryl methyl sites for hydroxylation is 2. The quantitative estimate of drug-likeness (QED) is 0.864. The van der Waals surface area contributed by atoms with Crippen molar-refractivity contribution in [3.63, 3.8) is 0 Å². The van der Waals surface area contributed by atoms with Crippen LogP contribution in [0.4, 0.5) is 0 Å². The van der Waals surface area contributed by atoms with E-state index in [4.69, 9.17) is 16.3 Å². The van der Waals surface area contributed by atoms with Crippen molar-refractivity contribution in [1.29, 1.82) is 0 Å². The van der Waals surface area contributed by atoms with Crippen molar-refractivity contribution in [3.05, 3.63) is 58.1 Å². The molecule has 4 nitrogen and oxygen atoms in total. The Morgan fingerprint density at radius 1 is 1.13 bits per heavy atom. The summed E-state index contributed by atoms with van der Waals surface area (Å²) in [6, 6.07) is 10.8. The van der Waals surface area contributed by atoms with Crippen molar-refractivity contribution < 1.29 is 13.2 Å². The minimum Gasteiger partial charge on any atom is -0.497 e. The van der Waals surface area contributed by atoms with Crippen molar-refractivity contribution in [2.45, 2.75) is 25.2 Å². The van der Waals surface area contributed by atoms with Crippen LogP contribution in [0, 0.1) is 13.8 Å². The van der Waals surface area contributed by atoms with E-state index in [2.05, 4.69) is 4.72 Å². The summed E-state index contributed by atoms with van der Waals surface area (Å²) in [7, 11) is -2.02. The molecule has 0 bridgehead atoms. The average molecular weight is 354 g/mol. The first kappa shape index (κ1) is 17.8. The van der Waals surface area contributed by atoms with Crippen molar-refractivity contribution >= 4 is 21.6 Å². The highest BCUT2D eigenvalue weighted by atomic mass is 35.5. The molecule has 0 heterocycles. The molecule has 2 aromatic rings. The topological polar surface area (TPSA) is 55.4 Å². The molecule has 2 rings (SSSR count). The Hall–Kier alpha value is -1.56. The molecular weight excluding hydrogens is 334 g/mol. The summed E-state index contributed by atoms with van der Waals surface area (Å²) in [6.45, 7) is 3.81. The Bertz CT molecular complexity index is 780. The summed E-state index contributed by atoms with van der Waals surface area (Å²) in [5.74, 6) is 0.648. The van der Waals surface area contributed by atoms with Crippen LogP contribution >= 0.6 is 11.6 Å². The minimum absolute atomic E-state index is 0.289. The van der Waals surface area contributed by atoms with Gasteiger partial charge in [-0.15, -0.1) is 0 Å². The lowest BCUT2D eigenvalue weighted by Gasteiger charge is -2.14. The fourth-order valence-corrected chi connectivity index (χ4v) is 4.26. The molecular formula is C17H20ClNO3S. The van der Waals surface area contributed by atoms with Crippen LogP contribution in [-0.4, -0.2) is 22.1 Å². The standard InChI is InChI=1S/C17H20ClNO3S/c1-12-10-15(22-3)11-13(2)17(12)23(20,21)19-9-8-14-6-4-5-7-16(14)18/h4-7,10-11,19H,8-9H2,1-3H3. The molecule has 124 valence electrons. The maximum absolute atomic E-state index is 12.6. The number of halogens is 1. The molecule has 0 aliphatic heterocycles. The van der Waals surface area contributed by atoms with Gasteiger partial charge in [0, 0.05) is 11.6 Å². The zero-order valence-corrected chi connectivity index (χ0v) is 15.0. The lowest BCUT2D eigenvalue weighted by atomic mass is 10.1. The van der Waals surface area contributed by atoms with E-state index in [1.165, 1.54) is 0 Å². The number of methoxy groups -OCH3 is 1. The van der Waals surface area contributed by atoms with Gasteiger partial charge in [-0.05, 0) is 55.2 Å². The second kappa shape index (κ2) is 7.34. The van der Waals surface area contributed by atoms with Gasteiger partial charge in [0.2, 0.25) is 10.0 Å². The molecule has 0 aromatic heterocycles. The Morgan fingerprint density at radius 3 is 2.30 bits per heavy atom. The summed E-state index contributed by atoms with van der Waals surface area (Å²) >= 11 is 6.08. The van der Waals surface area contributed by atoms with E-state index in [0.29, 0.717) is 33.2 Å². The zero-order chi connectivity index (χ0) is 17.0. The average Bonchev–Trinajstić information content (AvgIpc) is 2.48. The minimum atomic E-state index is -3.58. The van der Waals surface area contributed by atoms with Crippen LogP contribution in [0.25, 0.3) is 0 Å². The third-order valence-corrected chi connectivity index (χ3v) is 5.72. The van der Waals surface area contributed by atoms with E-state index in [1.807, 2.05) is 18.2 Å². The molecule has 23 heavy (non-hydrogen) atoms. The van der Waals surface area contributed by atoms with E-state index in [9.17, 15) is 8.42 Å². The first-order valence-corrected chi connectivity index (χ1v) is 9.09. The lowest BCUT2D eigenvalue weighted by Crippen LogP contribution is -2.27. The van der Waals surface area contributed by atoms with Gasteiger partial charge in [0.25, 0.3) is 0 Å². The Morgan fingerprint density at radius 2 is 1.74 bits per heavy atom. The second-order valence-corrected chi connectivity index (χ2v) is 7.44. The predicted molar refractivity (Wildman–Crippen MR) is 92.8 cm³/mol. The Balaban J connectivity index is 2.15. The van der Waals surface area contributed by atoms with Gasteiger partial charge < -0.3 is 4.74 Å². The third-order valence-electron chi connectivity index (χ3n) is 3.58. The van der Waals surface area contributed by atoms with Crippen LogP contribution in [0.2, 0.25) is 5.02 Å². The molecule has 0 fully saturated rings. The number of ether oxygens (including phenoxy) is 1. The third kappa shape index (κ3) is 4.25. The highest BCUT2D eigenvalue weighted by Crippen LogP contribution is 2.25. The predicted octanol–water partition coefficient (Wildman–Crippen LogP) is 3.49. The van der Waals surface area contributed by atoms with Gasteiger partial charge in [-0.2, -0.15) is 0 Å². The largest absolute Gasteiger partial charge is 0.497 e. The molecule has 0 saturated carbocycles. The highest BCUT2D eigenvalue weighted by Gasteiger charge is 2.20. The van der Waals surface area contributed by atoms with Gasteiger partial charge in [0.05, 0.1) is 12.0 Å². The van der Waals surface area contributed by atoms with Gasteiger partial charge in [0.15, 0.2) is 0 Å².